The van der Waals surface area contributed by atoms with Crippen LogP contribution in [0.2, 0.25) is 0 Å². The highest BCUT2D eigenvalue weighted by molar-refractivity contribution is 9.09. The number of halogens is 1. The number of amides is 1. The van der Waals surface area contributed by atoms with Gasteiger partial charge in [-0.3, -0.25) is 4.79 Å². The first-order valence-electron chi connectivity index (χ1n) is 4.63. The Morgan fingerprint density at radius 3 is 2.93 bits per heavy atom. The summed E-state index contributed by atoms with van der Waals surface area (Å²) < 4.78 is 0. The second-order valence-corrected chi connectivity index (χ2v) is 4.01. The van der Waals surface area contributed by atoms with E-state index in [1.807, 2.05) is 19.0 Å². The topological polar surface area (TPSA) is 45.2 Å². The first kappa shape index (κ1) is 12.0. The molecular weight excluding hydrogens is 258 g/mol. The molecule has 0 fully saturated rings. The molecule has 1 aromatic rings. The third-order valence-corrected chi connectivity index (χ3v) is 2.23. The molecule has 0 unspecified atom stereocenters. The number of pyridine rings is 1. The van der Waals surface area contributed by atoms with E-state index < -0.39 is 0 Å². The van der Waals surface area contributed by atoms with Gasteiger partial charge in [-0.05, 0) is 12.1 Å². The zero-order chi connectivity index (χ0) is 11.3. The van der Waals surface area contributed by atoms with Gasteiger partial charge in [0.1, 0.15) is 5.82 Å². The van der Waals surface area contributed by atoms with Crippen LogP contribution in [0, 0.1) is 0 Å². The third-order valence-electron chi connectivity index (χ3n) is 1.83. The number of nitrogens with zero attached hydrogens (tertiary/aromatic N) is 2. The molecule has 0 saturated carbocycles. The zero-order valence-electron chi connectivity index (χ0n) is 8.83. The maximum absolute atomic E-state index is 11.7. The Labute approximate surface area is 97.8 Å². The Bertz CT molecular complexity index is 341. The van der Waals surface area contributed by atoms with Gasteiger partial charge in [-0.2, -0.15) is 0 Å². The molecule has 1 amide bonds. The van der Waals surface area contributed by atoms with Crippen molar-refractivity contribution in [2.75, 3.05) is 30.9 Å². The molecule has 0 aliphatic carbocycles. The Morgan fingerprint density at radius 1 is 1.60 bits per heavy atom. The lowest BCUT2D eigenvalue weighted by Crippen LogP contribution is -2.27. The molecule has 0 aliphatic heterocycles. The van der Waals surface area contributed by atoms with Crippen molar-refractivity contribution in [1.29, 1.82) is 0 Å². The van der Waals surface area contributed by atoms with Crippen LogP contribution in [-0.4, -0.2) is 36.9 Å². The fourth-order valence-corrected chi connectivity index (χ4v) is 1.38. The summed E-state index contributed by atoms with van der Waals surface area (Å²) in [6.07, 6.45) is 1.68. The zero-order valence-corrected chi connectivity index (χ0v) is 10.4. The van der Waals surface area contributed by atoms with Crippen LogP contribution in [-0.2, 0) is 0 Å². The minimum Gasteiger partial charge on any atom is -0.362 e. The highest BCUT2D eigenvalue weighted by Crippen LogP contribution is 2.13. The molecule has 5 heteroatoms. The average molecular weight is 272 g/mol. The van der Waals surface area contributed by atoms with Gasteiger partial charge >= 0.3 is 0 Å². The number of alkyl halides is 1. The lowest BCUT2D eigenvalue weighted by molar-refractivity contribution is 0.0956. The normalized spacial score (nSPS) is 9.80. The molecule has 1 rings (SSSR count). The summed E-state index contributed by atoms with van der Waals surface area (Å²) in [4.78, 5) is 17.7. The Hall–Kier alpha value is -1.10. The molecule has 4 nitrogen and oxygen atoms in total. The Balaban J connectivity index is 2.87. The number of hydrogen-bond donors (Lipinski definition) is 1. The number of rotatable bonds is 4. The Kier molecular flexibility index (Phi) is 4.55. The molecule has 0 aliphatic rings. The molecule has 82 valence electrons. The van der Waals surface area contributed by atoms with Crippen LogP contribution in [0.25, 0.3) is 0 Å². The van der Waals surface area contributed by atoms with Gasteiger partial charge in [0.15, 0.2) is 0 Å². The van der Waals surface area contributed by atoms with Crippen molar-refractivity contribution in [2.45, 2.75) is 0 Å². The highest BCUT2D eigenvalue weighted by atomic mass is 79.9. The van der Waals surface area contributed by atoms with Gasteiger partial charge < -0.3 is 10.2 Å². The second-order valence-electron chi connectivity index (χ2n) is 3.21. The molecule has 0 aromatic carbocycles. The summed E-state index contributed by atoms with van der Waals surface area (Å²) in [5.41, 5.74) is 0.600. The average Bonchev–Trinajstić information content (AvgIpc) is 2.25. The summed E-state index contributed by atoms with van der Waals surface area (Å²) in [5, 5.41) is 3.54. The van der Waals surface area contributed by atoms with E-state index in [1.54, 1.807) is 18.3 Å². The van der Waals surface area contributed by atoms with Crippen molar-refractivity contribution >= 4 is 27.7 Å². The third kappa shape index (κ3) is 3.20. The molecule has 0 saturated heterocycles. The van der Waals surface area contributed by atoms with E-state index in [1.165, 1.54) is 0 Å². The van der Waals surface area contributed by atoms with Gasteiger partial charge in [-0.25, -0.2) is 4.98 Å². The molecule has 0 atom stereocenters. The number of anilines is 1. The fraction of sp³-hybridized carbons (Fsp3) is 0.400. The standard InChI is InChI=1S/C10H14BrN3O/c1-14(2)9-8(4-3-6-12-9)10(15)13-7-5-11/h3-4,6H,5,7H2,1-2H3,(H,13,15). The number of hydrogen-bond acceptors (Lipinski definition) is 3. The van der Waals surface area contributed by atoms with Crippen LogP contribution in [0.5, 0.6) is 0 Å². The lowest BCUT2D eigenvalue weighted by atomic mass is 10.2. The van der Waals surface area contributed by atoms with Crippen LogP contribution in [0.4, 0.5) is 5.82 Å². The summed E-state index contributed by atoms with van der Waals surface area (Å²) in [6.45, 7) is 0.612. The van der Waals surface area contributed by atoms with Crippen molar-refractivity contribution in [3.05, 3.63) is 23.9 Å². The molecule has 1 aromatic heterocycles. The van der Waals surface area contributed by atoms with E-state index in [0.29, 0.717) is 17.9 Å². The van der Waals surface area contributed by atoms with Crippen LogP contribution < -0.4 is 10.2 Å². The van der Waals surface area contributed by atoms with E-state index in [9.17, 15) is 4.79 Å². The van der Waals surface area contributed by atoms with Crippen molar-refractivity contribution in [3.8, 4) is 0 Å². The molecule has 0 radical (unpaired) electrons. The highest BCUT2D eigenvalue weighted by Gasteiger charge is 2.12. The predicted molar refractivity (Wildman–Crippen MR) is 64.7 cm³/mol. The van der Waals surface area contributed by atoms with Crippen molar-refractivity contribution in [3.63, 3.8) is 0 Å². The maximum Gasteiger partial charge on any atom is 0.255 e. The lowest BCUT2D eigenvalue weighted by Gasteiger charge is -2.15. The van der Waals surface area contributed by atoms with Gasteiger partial charge in [0, 0.05) is 32.2 Å². The van der Waals surface area contributed by atoms with E-state index in [-0.39, 0.29) is 5.91 Å². The molecule has 0 bridgehead atoms. The first-order chi connectivity index (χ1) is 7.16. The number of carbonyl (C=O) groups excluding carboxylic acids is 1. The van der Waals surface area contributed by atoms with Gasteiger partial charge in [-0.1, -0.05) is 15.9 Å². The van der Waals surface area contributed by atoms with E-state index in [0.717, 1.165) is 5.33 Å². The number of nitrogens with one attached hydrogen (secondary N) is 1. The minimum atomic E-state index is -0.0914. The number of aromatic nitrogens is 1. The second kappa shape index (κ2) is 5.70. The van der Waals surface area contributed by atoms with Gasteiger partial charge in [-0.15, -0.1) is 0 Å². The Morgan fingerprint density at radius 2 is 2.33 bits per heavy atom. The van der Waals surface area contributed by atoms with Crippen molar-refractivity contribution < 1.29 is 4.79 Å². The molecular formula is C10H14BrN3O. The largest absolute Gasteiger partial charge is 0.362 e. The van der Waals surface area contributed by atoms with E-state index in [4.69, 9.17) is 0 Å². The predicted octanol–water partition coefficient (Wildman–Crippen LogP) is 1.27. The quantitative estimate of drug-likeness (QED) is 0.840. The maximum atomic E-state index is 11.7. The van der Waals surface area contributed by atoms with E-state index >= 15 is 0 Å². The SMILES string of the molecule is CN(C)c1ncccc1C(=O)NCCBr. The van der Waals surface area contributed by atoms with Crippen molar-refractivity contribution in [1.82, 2.24) is 10.3 Å². The van der Waals surface area contributed by atoms with Crippen LogP contribution >= 0.6 is 15.9 Å². The molecule has 1 N–H and O–H groups in total. The fourth-order valence-electron chi connectivity index (χ4n) is 1.19. The minimum absolute atomic E-state index is 0.0914. The van der Waals surface area contributed by atoms with Crippen LogP contribution in [0.1, 0.15) is 10.4 Å². The van der Waals surface area contributed by atoms with Gasteiger partial charge in [0.05, 0.1) is 5.56 Å². The number of carbonyl (C=O) groups is 1. The molecule has 15 heavy (non-hydrogen) atoms. The first-order valence-corrected chi connectivity index (χ1v) is 5.75. The van der Waals surface area contributed by atoms with Crippen LogP contribution in [0.3, 0.4) is 0 Å². The van der Waals surface area contributed by atoms with E-state index in [2.05, 4.69) is 26.2 Å². The van der Waals surface area contributed by atoms with Gasteiger partial charge in [0.2, 0.25) is 0 Å². The van der Waals surface area contributed by atoms with Gasteiger partial charge in [0.25, 0.3) is 5.91 Å². The summed E-state index contributed by atoms with van der Waals surface area (Å²) in [7, 11) is 3.73. The summed E-state index contributed by atoms with van der Waals surface area (Å²) in [6, 6.07) is 3.53. The molecule has 1 heterocycles. The summed E-state index contributed by atoms with van der Waals surface area (Å²) >= 11 is 3.26. The van der Waals surface area contributed by atoms with Crippen LogP contribution in [0.15, 0.2) is 18.3 Å². The summed E-state index contributed by atoms with van der Waals surface area (Å²) in [5.74, 6) is 0.593. The van der Waals surface area contributed by atoms with Crippen molar-refractivity contribution in [2.24, 2.45) is 0 Å². The molecule has 0 spiro atoms. The smallest absolute Gasteiger partial charge is 0.255 e. The monoisotopic (exact) mass is 271 g/mol.